The molecule has 0 fully saturated rings. The molecule has 0 spiro atoms. The minimum atomic E-state index is -0.360. The molecule has 0 saturated carbocycles. The van der Waals surface area contributed by atoms with Crippen LogP contribution in [0, 0.1) is 5.92 Å². The van der Waals surface area contributed by atoms with Crippen LogP contribution < -0.4 is 19.7 Å². The zero-order valence-electron chi connectivity index (χ0n) is 19.9. The number of amides is 2. The van der Waals surface area contributed by atoms with E-state index in [0.29, 0.717) is 34.6 Å². The molecule has 10 heteroatoms. The number of thioether (sulfide) groups is 1. The first-order chi connectivity index (χ1) is 16.9. The first-order valence-corrected chi connectivity index (χ1v) is 12.5. The molecule has 35 heavy (non-hydrogen) atoms. The Kier molecular flexibility index (Phi) is 6.38. The molecule has 0 bridgehead atoms. The zero-order chi connectivity index (χ0) is 24.5. The van der Waals surface area contributed by atoms with Crippen molar-refractivity contribution in [2.45, 2.75) is 31.5 Å². The van der Waals surface area contributed by atoms with Crippen LogP contribution in [-0.4, -0.2) is 45.7 Å². The Labute approximate surface area is 207 Å². The highest BCUT2D eigenvalue weighted by Crippen LogP contribution is 2.33. The molecule has 2 aliphatic heterocycles. The molecule has 1 atom stereocenters. The Morgan fingerprint density at radius 3 is 2.74 bits per heavy atom. The number of hydrogen-bond acceptors (Lipinski definition) is 7. The number of carbonyl (C=O) groups excluding carboxylic acids is 2. The number of rotatable bonds is 7. The summed E-state index contributed by atoms with van der Waals surface area (Å²) in [6.45, 7) is 4.88. The van der Waals surface area contributed by atoms with Crippen LogP contribution in [0.1, 0.15) is 41.6 Å². The van der Waals surface area contributed by atoms with Crippen LogP contribution in [-0.2, 0) is 18.3 Å². The molecular weight excluding hydrogens is 466 g/mol. The van der Waals surface area contributed by atoms with Crippen LogP contribution in [0.25, 0.3) is 0 Å². The number of ether oxygens (including phenoxy) is 2. The number of benzene rings is 2. The quantitative estimate of drug-likeness (QED) is 0.504. The predicted octanol–water partition coefficient (Wildman–Crippen LogP) is 3.35. The monoisotopic (exact) mass is 493 g/mol. The topological polar surface area (TPSA) is 98.6 Å². The maximum absolute atomic E-state index is 13.0. The molecule has 0 aliphatic carbocycles. The molecule has 2 amide bonds. The van der Waals surface area contributed by atoms with E-state index in [1.807, 2.05) is 48.6 Å². The smallest absolute Gasteiger partial charge is 0.252 e. The molecule has 0 saturated heterocycles. The maximum atomic E-state index is 13.0. The normalized spacial score (nSPS) is 14.8. The summed E-state index contributed by atoms with van der Waals surface area (Å²) < 4.78 is 12.6. The number of anilines is 1. The number of hydrogen-bond donors (Lipinski definition) is 1. The van der Waals surface area contributed by atoms with Crippen LogP contribution in [0.3, 0.4) is 0 Å². The molecule has 182 valence electrons. The summed E-state index contributed by atoms with van der Waals surface area (Å²) in [5.41, 5.74) is 2.67. The van der Waals surface area contributed by atoms with Crippen molar-refractivity contribution < 1.29 is 19.1 Å². The van der Waals surface area contributed by atoms with E-state index in [-0.39, 0.29) is 36.3 Å². The van der Waals surface area contributed by atoms with Gasteiger partial charge in [-0.2, -0.15) is 0 Å². The van der Waals surface area contributed by atoms with Crippen LogP contribution in [0.5, 0.6) is 11.5 Å². The van der Waals surface area contributed by atoms with Crippen molar-refractivity contribution in [3.63, 3.8) is 0 Å². The van der Waals surface area contributed by atoms with Gasteiger partial charge in [0.15, 0.2) is 22.5 Å². The molecule has 3 heterocycles. The lowest BCUT2D eigenvalue weighted by Gasteiger charge is -2.22. The second-order valence-corrected chi connectivity index (χ2v) is 9.82. The Balaban J connectivity index is 1.26. The second-order valence-electron chi connectivity index (χ2n) is 8.88. The van der Waals surface area contributed by atoms with Gasteiger partial charge in [0.2, 0.25) is 12.7 Å². The molecule has 3 aromatic rings. The Bertz CT molecular complexity index is 1270. The molecule has 1 aromatic heterocycles. The van der Waals surface area contributed by atoms with Crippen LogP contribution in [0.2, 0.25) is 0 Å². The number of para-hydroxylation sites is 1. The van der Waals surface area contributed by atoms with E-state index in [9.17, 15) is 9.59 Å². The van der Waals surface area contributed by atoms with Crippen molar-refractivity contribution in [2.24, 2.45) is 13.0 Å². The van der Waals surface area contributed by atoms with Gasteiger partial charge >= 0.3 is 0 Å². The number of fused-ring (bicyclic) bond motifs is 2. The van der Waals surface area contributed by atoms with E-state index in [1.165, 1.54) is 17.3 Å². The summed E-state index contributed by atoms with van der Waals surface area (Å²) in [4.78, 5) is 27.7. The van der Waals surface area contributed by atoms with Crippen LogP contribution >= 0.6 is 11.8 Å². The average Bonchev–Trinajstić information content (AvgIpc) is 3.58. The van der Waals surface area contributed by atoms with E-state index >= 15 is 0 Å². The number of nitrogens with one attached hydrogen (secondary N) is 1. The van der Waals surface area contributed by atoms with Crippen molar-refractivity contribution in [2.75, 3.05) is 24.0 Å². The van der Waals surface area contributed by atoms with E-state index in [4.69, 9.17) is 9.47 Å². The minimum Gasteiger partial charge on any atom is -0.454 e. The highest BCUT2D eigenvalue weighted by Gasteiger charge is 2.28. The van der Waals surface area contributed by atoms with Gasteiger partial charge in [-0.05, 0) is 42.2 Å². The summed E-state index contributed by atoms with van der Waals surface area (Å²) in [7, 11) is 1.86. The molecule has 9 nitrogen and oxygen atoms in total. The van der Waals surface area contributed by atoms with Gasteiger partial charge in [0, 0.05) is 24.8 Å². The van der Waals surface area contributed by atoms with Gasteiger partial charge in [0.25, 0.3) is 5.91 Å². The molecule has 1 N–H and O–H groups in total. The predicted molar refractivity (Wildman–Crippen MR) is 132 cm³/mol. The van der Waals surface area contributed by atoms with Gasteiger partial charge < -0.3 is 24.3 Å². The lowest BCUT2D eigenvalue weighted by Crippen LogP contribution is -2.33. The van der Waals surface area contributed by atoms with Crippen molar-refractivity contribution in [3.05, 3.63) is 59.4 Å². The van der Waals surface area contributed by atoms with E-state index in [2.05, 4.69) is 21.6 Å². The van der Waals surface area contributed by atoms with Gasteiger partial charge in [0.05, 0.1) is 11.8 Å². The molecular formula is C25H27N5O4S. The highest BCUT2D eigenvalue weighted by atomic mass is 32.2. The average molecular weight is 494 g/mol. The first-order valence-electron chi connectivity index (χ1n) is 11.5. The molecule has 0 unspecified atom stereocenters. The Hall–Kier alpha value is -3.53. The van der Waals surface area contributed by atoms with Gasteiger partial charge in [-0.3, -0.25) is 9.59 Å². The van der Waals surface area contributed by atoms with E-state index < -0.39 is 0 Å². The lowest BCUT2D eigenvalue weighted by atomic mass is 10.0. The third-order valence-corrected chi connectivity index (χ3v) is 7.25. The van der Waals surface area contributed by atoms with Crippen LogP contribution in [0.15, 0.2) is 47.6 Å². The first kappa shape index (κ1) is 23.2. The summed E-state index contributed by atoms with van der Waals surface area (Å²) >= 11 is 1.35. The standard InChI is InChI=1S/C25H27N5O4S/c1-15(2)22(26-24(32)17-8-9-19-20(12-17)34-14-33-19)23-27-28-25(29(23)3)35-13-21(31)30-11-10-16-6-4-5-7-18(16)30/h4-9,12,15,22H,10-11,13-14H2,1-3H3,(H,26,32)/t22-/m0/s1. The van der Waals surface area contributed by atoms with E-state index in [0.717, 1.165) is 12.1 Å². The molecule has 2 aliphatic rings. The SMILES string of the molecule is CC(C)[C@H](NC(=O)c1ccc2c(c1)OCO2)c1nnc(SCC(=O)N2CCc3ccccc32)n1C. The molecule has 0 radical (unpaired) electrons. The third kappa shape index (κ3) is 4.58. The largest absolute Gasteiger partial charge is 0.454 e. The zero-order valence-corrected chi connectivity index (χ0v) is 20.7. The number of aromatic nitrogens is 3. The summed E-state index contributed by atoms with van der Waals surface area (Å²) in [5, 5.41) is 12.4. The van der Waals surface area contributed by atoms with Gasteiger partial charge in [-0.15, -0.1) is 10.2 Å². The van der Waals surface area contributed by atoms with Crippen molar-refractivity contribution in [1.82, 2.24) is 20.1 Å². The summed E-state index contributed by atoms with van der Waals surface area (Å²) in [5.74, 6) is 1.95. The van der Waals surface area contributed by atoms with Gasteiger partial charge in [-0.1, -0.05) is 43.8 Å². The molecule has 2 aromatic carbocycles. The second kappa shape index (κ2) is 9.61. The fourth-order valence-electron chi connectivity index (χ4n) is 4.32. The van der Waals surface area contributed by atoms with Crippen LogP contribution in [0.4, 0.5) is 5.69 Å². The maximum Gasteiger partial charge on any atom is 0.252 e. The van der Waals surface area contributed by atoms with Gasteiger partial charge in [-0.25, -0.2) is 0 Å². The fourth-order valence-corrected chi connectivity index (χ4v) is 5.11. The Morgan fingerprint density at radius 1 is 1.11 bits per heavy atom. The van der Waals surface area contributed by atoms with Crippen molar-refractivity contribution in [3.8, 4) is 11.5 Å². The fraction of sp³-hybridized carbons (Fsp3) is 0.360. The van der Waals surface area contributed by atoms with Gasteiger partial charge in [0.1, 0.15) is 0 Å². The summed E-state index contributed by atoms with van der Waals surface area (Å²) in [6, 6.07) is 12.8. The molecule has 5 rings (SSSR count). The van der Waals surface area contributed by atoms with E-state index in [1.54, 1.807) is 18.2 Å². The van der Waals surface area contributed by atoms with Crippen molar-refractivity contribution in [1.29, 1.82) is 0 Å². The lowest BCUT2D eigenvalue weighted by molar-refractivity contribution is -0.116. The minimum absolute atomic E-state index is 0.0426. The number of nitrogens with zero attached hydrogens (tertiary/aromatic N) is 4. The number of carbonyl (C=O) groups is 2. The third-order valence-electron chi connectivity index (χ3n) is 6.25. The summed E-state index contributed by atoms with van der Waals surface area (Å²) in [6.07, 6.45) is 0.875. The van der Waals surface area contributed by atoms with Crippen molar-refractivity contribution >= 4 is 29.3 Å². The highest BCUT2D eigenvalue weighted by molar-refractivity contribution is 7.99. The Morgan fingerprint density at radius 2 is 1.91 bits per heavy atom.